The van der Waals surface area contributed by atoms with Gasteiger partial charge in [0.25, 0.3) is 0 Å². The molecule has 0 aromatic heterocycles. The lowest BCUT2D eigenvalue weighted by atomic mass is 9.87. The van der Waals surface area contributed by atoms with E-state index in [-0.39, 0.29) is 0 Å². The van der Waals surface area contributed by atoms with Crippen molar-refractivity contribution < 1.29 is 0 Å². The van der Waals surface area contributed by atoms with E-state index in [4.69, 9.17) is 0 Å². The first-order valence-electron chi connectivity index (χ1n) is 6.08. The molecule has 0 N–H and O–H groups in total. The van der Waals surface area contributed by atoms with Crippen LogP contribution < -0.4 is 0 Å². The Balaban J connectivity index is 3.50. The van der Waals surface area contributed by atoms with Gasteiger partial charge in [0.15, 0.2) is 0 Å². The summed E-state index contributed by atoms with van der Waals surface area (Å²) in [5.74, 6) is 2.61. The van der Waals surface area contributed by atoms with Gasteiger partial charge in [-0.05, 0) is 57.7 Å². The molecule has 0 amide bonds. The second-order valence-electron chi connectivity index (χ2n) is 5.51. The van der Waals surface area contributed by atoms with Crippen LogP contribution >= 0.6 is 0 Å². The minimum atomic E-state index is 0.839. The van der Waals surface area contributed by atoms with Gasteiger partial charge in [0.05, 0.1) is 0 Å². The molecular formula is C13H29N. The normalized spacial score (nSPS) is 16.3. The Morgan fingerprint density at radius 3 is 2.00 bits per heavy atom. The third-order valence-corrected chi connectivity index (χ3v) is 3.21. The van der Waals surface area contributed by atoms with Crippen LogP contribution in [0, 0.1) is 17.8 Å². The van der Waals surface area contributed by atoms with E-state index in [9.17, 15) is 0 Å². The summed E-state index contributed by atoms with van der Waals surface area (Å²) in [5, 5.41) is 0. The van der Waals surface area contributed by atoms with Crippen molar-refractivity contribution in [3.8, 4) is 0 Å². The summed E-state index contributed by atoms with van der Waals surface area (Å²) in [7, 11) is 4.31. The van der Waals surface area contributed by atoms with Crippen molar-refractivity contribution in [1.29, 1.82) is 0 Å². The maximum absolute atomic E-state index is 2.40. The molecule has 1 nitrogen and oxygen atoms in total. The molecule has 0 aromatic rings. The van der Waals surface area contributed by atoms with Crippen molar-refractivity contribution in [3.63, 3.8) is 0 Å². The fraction of sp³-hybridized carbons (Fsp3) is 1.00. The maximum Gasteiger partial charge on any atom is -0.00247 e. The fourth-order valence-corrected chi connectivity index (χ4v) is 1.78. The van der Waals surface area contributed by atoms with Gasteiger partial charge in [-0.2, -0.15) is 0 Å². The fourth-order valence-electron chi connectivity index (χ4n) is 1.78. The van der Waals surface area contributed by atoms with Crippen LogP contribution in [0.3, 0.4) is 0 Å². The van der Waals surface area contributed by atoms with Gasteiger partial charge in [0.2, 0.25) is 0 Å². The molecule has 86 valence electrons. The van der Waals surface area contributed by atoms with Crippen molar-refractivity contribution in [3.05, 3.63) is 0 Å². The zero-order valence-electron chi connectivity index (χ0n) is 11.0. The molecule has 0 saturated heterocycles. The Kier molecular flexibility index (Phi) is 7.26. The largest absolute Gasteiger partial charge is 0.309 e. The standard InChI is InChI=1S/C13H29N/c1-11(2)13(4)10-12(3)8-7-9-14(5)6/h11-13H,7-10H2,1-6H3. The maximum atomic E-state index is 2.40. The van der Waals surface area contributed by atoms with Crippen LogP contribution in [-0.4, -0.2) is 25.5 Å². The minimum Gasteiger partial charge on any atom is -0.309 e. The number of rotatable bonds is 7. The van der Waals surface area contributed by atoms with Crippen molar-refractivity contribution >= 4 is 0 Å². The van der Waals surface area contributed by atoms with Gasteiger partial charge < -0.3 is 4.90 Å². The summed E-state index contributed by atoms with van der Waals surface area (Å²) >= 11 is 0. The highest BCUT2D eigenvalue weighted by atomic mass is 15.0. The molecule has 0 radical (unpaired) electrons. The molecule has 0 bridgehead atoms. The number of hydrogen-bond donors (Lipinski definition) is 0. The average Bonchev–Trinajstić information content (AvgIpc) is 2.02. The molecule has 0 aromatic carbocycles. The van der Waals surface area contributed by atoms with Crippen LogP contribution in [0.2, 0.25) is 0 Å². The lowest BCUT2D eigenvalue weighted by Crippen LogP contribution is -2.15. The van der Waals surface area contributed by atoms with Gasteiger partial charge in [-0.1, -0.05) is 27.7 Å². The van der Waals surface area contributed by atoms with E-state index in [0.29, 0.717) is 0 Å². The monoisotopic (exact) mass is 199 g/mol. The SMILES string of the molecule is CC(CCCN(C)C)CC(C)C(C)C. The Morgan fingerprint density at radius 1 is 1.00 bits per heavy atom. The summed E-state index contributed by atoms with van der Waals surface area (Å²) in [6.45, 7) is 10.7. The van der Waals surface area contributed by atoms with E-state index in [1.54, 1.807) is 0 Å². The van der Waals surface area contributed by atoms with Crippen LogP contribution in [0.5, 0.6) is 0 Å². The first-order valence-corrected chi connectivity index (χ1v) is 6.08. The molecule has 1 heteroatoms. The molecule has 2 atom stereocenters. The Bertz CT molecular complexity index is 129. The molecule has 0 saturated carbocycles. The Labute approximate surface area is 90.9 Å². The molecule has 0 aliphatic rings. The third-order valence-electron chi connectivity index (χ3n) is 3.21. The highest BCUT2D eigenvalue weighted by Crippen LogP contribution is 2.22. The Hall–Kier alpha value is -0.0400. The predicted molar refractivity (Wildman–Crippen MR) is 65.6 cm³/mol. The van der Waals surface area contributed by atoms with Gasteiger partial charge in [-0.15, -0.1) is 0 Å². The average molecular weight is 199 g/mol. The first kappa shape index (κ1) is 14.0. The van der Waals surface area contributed by atoms with Crippen LogP contribution in [0.15, 0.2) is 0 Å². The first-order chi connectivity index (χ1) is 6.43. The van der Waals surface area contributed by atoms with Gasteiger partial charge in [0.1, 0.15) is 0 Å². The number of hydrogen-bond acceptors (Lipinski definition) is 1. The highest BCUT2D eigenvalue weighted by Gasteiger charge is 2.11. The van der Waals surface area contributed by atoms with E-state index >= 15 is 0 Å². The Morgan fingerprint density at radius 2 is 1.57 bits per heavy atom. The molecular weight excluding hydrogens is 170 g/mol. The quantitative estimate of drug-likeness (QED) is 0.605. The van der Waals surface area contributed by atoms with Crippen LogP contribution in [0.25, 0.3) is 0 Å². The second-order valence-corrected chi connectivity index (χ2v) is 5.51. The molecule has 0 aliphatic heterocycles. The third kappa shape index (κ3) is 7.37. The molecule has 0 heterocycles. The summed E-state index contributed by atoms with van der Waals surface area (Å²) in [6, 6.07) is 0. The summed E-state index contributed by atoms with van der Waals surface area (Å²) < 4.78 is 0. The van der Waals surface area contributed by atoms with Crippen LogP contribution in [0.4, 0.5) is 0 Å². The van der Waals surface area contributed by atoms with Crippen molar-refractivity contribution in [2.45, 2.75) is 47.0 Å². The summed E-state index contributed by atoms with van der Waals surface area (Å²) in [5.41, 5.74) is 0. The molecule has 0 spiro atoms. The van der Waals surface area contributed by atoms with Crippen molar-refractivity contribution in [1.82, 2.24) is 4.90 Å². The van der Waals surface area contributed by atoms with Crippen molar-refractivity contribution in [2.24, 2.45) is 17.8 Å². The molecule has 0 rings (SSSR count). The van der Waals surface area contributed by atoms with E-state index in [2.05, 4.69) is 46.7 Å². The second kappa shape index (κ2) is 7.28. The minimum absolute atomic E-state index is 0.839. The topological polar surface area (TPSA) is 3.24 Å². The van der Waals surface area contributed by atoms with Gasteiger partial charge >= 0.3 is 0 Å². The molecule has 0 aliphatic carbocycles. The predicted octanol–water partition coefficient (Wildman–Crippen LogP) is 3.65. The van der Waals surface area contributed by atoms with Crippen LogP contribution in [-0.2, 0) is 0 Å². The van der Waals surface area contributed by atoms with E-state index in [1.807, 2.05) is 0 Å². The number of nitrogens with zero attached hydrogens (tertiary/aromatic N) is 1. The molecule has 0 fully saturated rings. The zero-order chi connectivity index (χ0) is 11.1. The van der Waals surface area contributed by atoms with E-state index < -0.39 is 0 Å². The molecule has 14 heavy (non-hydrogen) atoms. The zero-order valence-corrected chi connectivity index (χ0v) is 11.0. The lowest BCUT2D eigenvalue weighted by Gasteiger charge is -2.20. The van der Waals surface area contributed by atoms with Crippen molar-refractivity contribution in [2.75, 3.05) is 20.6 Å². The summed E-state index contributed by atoms with van der Waals surface area (Å²) in [6.07, 6.45) is 4.12. The van der Waals surface area contributed by atoms with E-state index in [0.717, 1.165) is 17.8 Å². The van der Waals surface area contributed by atoms with Gasteiger partial charge in [0, 0.05) is 0 Å². The highest BCUT2D eigenvalue weighted by molar-refractivity contribution is 4.63. The van der Waals surface area contributed by atoms with E-state index in [1.165, 1.54) is 25.8 Å². The van der Waals surface area contributed by atoms with Gasteiger partial charge in [-0.25, -0.2) is 0 Å². The lowest BCUT2D eigenvalue weighted by molar-refractivity contribution is 0.303. The summed E-state index contributed by atoms with van der Waals surface area (Å²) in [4.78, 5) is 2.28. The van der Waals surface area contributed by atoms with Crippen LogP contribution in [0.1, 0.15) is 47.0 Å². The smallest absolute Gasteiger partial charge is 0.00247 e. The molecule has 2 unspecified atom stereocenters. The van der Waals surface area contributed by atoms with Gasteiger partial charge in [-0.3, -0.25) is 0 Å².